The first kappa shape index (κ1) is 22.3. The second kappa shape index (κ2) is 9.33. The molecule has 4 nitrogen and oxygen atoms in total. The van der Waals surface area contributed by atoms with Gasteiger partial charge in [-0.15, -0.1) is 0 Å². The Kier molecular flexibility index (Phi) is 6.52. The predicted molar refractivity (Wildman–Crippen MR) is 135 cm³/mol. The summed E-state index contributed by atoms with van der Waals surface area (Å²) in [7, 11) is 0. The summed E-state index contributed by atoms with van der Waals surface area (Å²) in [5, 5.41) is 1.19. The molecule has 0 fully saturated rings. The van der Waals surface area contributed by atoms with Crippen molar-refractivity contribution in [1.82, 2.24) is 9.88 Å². The lowest BCUT2D eigenvalue weighted by Gasteiger charge is -2.32. The van der Waals surface area contributed by atoms with Crippen LogP contribution in [0.4, 0.5) is 5.69 Å². The number of aromatic amines is 1. The molecule has 0 unspecified atom stereocenters. The number of nitrogens with zero attached hydrogens (tertiary/aromatic N) is 2. The lowest BCUT2D eigenvalue weighted by atomic mass is 9.93. The van der Waals surface area contributed by atoms with Gasteiger partial charge in [0, 0.05) is 54.5 Å². The van der Waals surface area contributed by atoms with Crippen LogP contribution in [-0.2, 0) is 11.2 Å². The highest BCUT2D eigenvalue weighted by molar-refractivity contribution is 5.96. The number of carbonyl (C=O) groups is 1. The highest BCUT2D eigenvalue weighted by atomic mass is 16.1. The third-order valence-electron chi connectivity index (χ3n) is 6.19. The number of hydrogen-bond acceptors (Lipinski definition) is 2. The smallest absolute Gasteiger partial charge is 0.214 e. The molecule has 0 bridgehead atoms. The van der Waals surface area contributed by atoms with Crippen LogP contribution in [0.15, 0.2) is 54.7 Å². The van der Waals surface area contributed by atoms with Crippen molar-refractivity contribution in [3.05, 3.63) is 71.4 Å². The van der Waals surface area contributed by atoms with Crippen LogP contribution < -0.4 is 4.90 Å². The van der Waals surface area contributed by atoms with Crippen molar-refractivity contribution in [3.8, 4) is 0 Å². The maximum atomic E-state index is 11.9. The Bertz CT molecular complexity index is 1120. The lowest BCUT2D eigenvalue weighted by molar-refractivity contribution is -0.107. The van der Waals surface area contributed by atoms with E-state index in [1.165, 1.54) is 27.6 Å². The summed E-state index contributed by atoms with van der Waals surface area (Å²) in [6.45, 7) is 12.9. The quantitative estimate of drug-likeness (QED) is 0.481. The molecule has 4 heteroatoms. The molecule has 1 N–H and O–H groups in total. The van der Waals surface area contributed by atoms with Crippen molar-refractivity contribution >= 4 is 28.6 Å². The molecule has 1 amide bonds. The van der Waals surface area contributed by atoms with E-state index < -0.39 is 0 Å². The van der Waals surface area contributed by atoms with E-state index >= 15 is 0 Å². The molecule has 0 saturated heterocycles. The number of aryl methyl sites for hydroxylation is 1. The van der Waals surface area contributed by atoms with Gasteiger partial charge in [-0.2, -0.15) is 0 Å². The molecule has 0 radical (unpaired) electrons. The molecule has 3 aromatic rings. The van der Waals surface area contributed by atoms with Crippen LogP contribution in [-0.4, -0.2) is 42.5 Å². The Balaban J connectivity index is 1.52. The van der Waals surface area contributed by atoms with Gasteiger partial charge in [0.1, 0.15) is 0 Å². The molecule has 4 rings (SSSR count). The van der Waals surface area contributed by atoms with Gasteiger partial charge in [0.25, 0.3) is 0 Å². The minimum Gasteiger partial charge on any atom is -0.361 e. The van der Waals surface area contributed by atoms with Gasteiger partial charge in [-0.25, -0.2) is 0 Å². The van der Waals surface area contributed by atoms with Crippen molar-refractivity contribution < 1.29 is 4.79 Å². The Labute approximate surface area is 191 Å². The zero-order valence-corrected chi connectivity index (χ0v) is 19.8. The highest BCUT2D eigenvalue weighted by Gasteiger charge is 2.20. The van der Waals surface area contributed by atoms with Gasteiger partial charge in [0.05, 0.1) is 0 Å². The first-order valence-electron chi connectivity index (χ1n) is 11.6. The van der Waals surface area contributed by atoms with Gasteiger partial charge in [0.2, 0.25) is 6.41 Å². The van der Waals surface area contributed by atoms with Gasteiger partial charge in [-0.1, -0.05) is 56.7 Å². The van der Waals surface area contributed by atoms with Crippen LogP contribution in [0.1, 0.15) is 43.9 Å². The first-order chi connectivity index (χ1) is 15.3. The Morgan fingerprint density at radius 3 is 2.69 bits per heavy atom. The maximum Gasteiger partial charge on any atom is 0.214 e. The van der Waals surface area contributed by atoms with Crippen LogP contribution in [0, 0.1) is 12.3 Å². The molecule has 1 aromatic heterocycles. The molecular formula is C28H35N3O. The highest BCUT2D eigenvalue weighted by Crippen LogP contribution is 2.32. The second-order valence-electron chi connectivity index (χ2n) is 10.2. The topological polar surface area (TPSA) is 39.3 Å². The zero-order chi connectivity index (χ0) is 22.7. The Hall–Kier alpha value is -2.85. The Morgan fingerprint density at radius 1 is 1.16 bits per heavy atom. The monoisotopic (exact) mass is 429 g/mol. The number of nitrogens with one attached hydrogen (secondary N) is 1. The zero-order valence-electron chi connectivity index (χ0n) is 19.8. The fraction of sp³-hybridized carbons (Fsp3) is 0.393. The summed E-state index contributed by atoms with van der Waals surface area (Å²) in [5.74, 6) is 0. The molecule has 0 aliphatic carbocycles. The molecule has 2 aromatic carbocycles. The number of fused-ring (bicyclic) bond motifs is 1. The van der Waals surface area contributed by atoms with E-state index in [1.54, 1.807) is 0 Å². The van der Waals surface area contributed by atoms with E-state index in [4.69, 9.17) is 0 Å². The van der Waals surface area contributed by atoms with Crippen LogP contribution in [0.25, 0.3) is 16.5 Å². The fourth-order valence-corrected chi connectivity index (χ4v) is 4.68. The van der Waals surface area contributed by atoms with Crippen molar-refractivity contribution in [2.75, 3.05) is 31.1 Å². The number of benzene rings is 2. The van der Waals surface area contributed by atoms with Gasteiger partial charge in [0.15, 0.2) is 0 Å². The van der Waals surface area contributed by atoms with E-state index in [2.05, 4.69) is 86.2 Å². The number of hydrogen-bond donors (Lipinski definition) is 1. The second-order valence-corrected chi connectivity index (χ2v) is 10.2. The van der Waals surface area contributed by atoms with Crippen LogP contribution in [0.2, 0.25) is 0 Å². The fourth-order valence-electron chi connectivity index (χ4n) is 4.68. The third kappa shape index (κ3) is 5.31. The molecule has 0 saturated carbocycles. The number of amides is 1. The van der Waals surface area contributed by atoms with Gasteiger partial charge in [-0.3, -0.25) is 9.69 Å². The van der Waals surface area contributed by atoms with Gasteiger partial charge < -0.3 is 9.88 Å². The van der Waals surface area contributed by atoms with E-state index in [0.29, 0.717) is 12.0 Å². The minimum atomic E-state index is 0.317. The summed E-state index contributed by atoms with van der Waals surface area (Å²) in [6.07, 6.45) is 7.34. The summed E-state index contributed by atoms with van der Waals surface area (Å²) in [6, 6.07) is 14.8. The number of aromatic nitrogens is 1. The van der Waals surface area contributed by atoms with E-state index in [1.807, 2.05) is 11.0 Å². The van der Waals surface area contributed by atoms with Crippen molar-refractivity contribution in [3.63, 3.8) is 0 Å². The average Bonchev–Trinajstić information content (AvgIpc) is 3.17. The summed E-state index contributed by atoms with van der Waals surface area (Å²) >= 11 is 0. The molecule has 1 aliphatic rings. The largest absolute Gasteiger partial charge is 0.361 e. The molecule has 32 heavy (non-hydrogen) atoms. The Morgan fingerprint density at radius 2 is 2.00 bits per heavy atom. The average molecular weight is 430 g/mol. The first-order valence-corrected chi connectivity index (χ1v) is 11.6. The van der Waals surface area contributed by atoms with Crippen molar-refractivity contribution in [1.29, 1.82) is 0 Å². The summed E-state index contributed by atoms with van der Waals surface area (Å²) in [5.41, 5.74) is 7.56. The van der Waals surface area contributed by atoms with Crippen molar-refractivity contribution in [2.24, 2.45) is 5.41 Å². The molecule has 0 atom stereocenters. The van der Waals surface area contributed by atoms with Crippen molar-refractivity contribution in [2.45, 2.75) is 40.5 Å². The maximum absolute atomic E-state index is 11.9. The van der Waals surface area contributed by atoms with Gasteiger partial charge >= 0.3 is 0 Å². The minimum absolute atomic E-state index is 0.317. The normalized spacial score (nSPS) is 15.1. The third-order valence-corrected chi connectivity index (χ3v) is 6.19. The summed E-state index contributed by atoms with van der Waals surface area (Å²) in [4.78, 5) is 19.7. The number of H-pyrrole nitrogens is 1. The van der Waals surface area contributed by atoms with Gasteiger partial charge in [-0.05, 0) is 54.5 Å². The van der Waals surface area contributed by atoms with E-state index in [-0.39, 0.29) is 0 Å². The summed E-state index contributed by atoms with van der Waals surface area (Å²) < 4.78 is 0. The molecule has 0 spiro atoms. The van der Waals surface area contributed by atoms with E-state index in [0.717, 1.165) is 50.1 Å². The molecule has 1 aliphatic heterocycles. The predicted octanol–water partition coefficient (Wildman–Crippen LogP) is 5.82. The van der Waals surface area contributed by atoms with E-state index in [9.17, 15) is 4.79 Å². The molecule has 2 heterocycles. The van der Waals surface area contributed by atoms with Crippen LogP contribution >= 0.6 is 0 Å². The number of rotatable bonds is 7. The SMILES string of the molecule is Cc1cccc(CCN(C=O)c2ccc3[nH]cc(C4=CCN(CC(C)(C)C)CC4)c3c2)c1. The standard InChI is InChI=1S/C28H35N3O/c1-21-6-5-7-22(16-21)10-15-31(20-32)24-8-9-27-25(17-24)26(18-29-27)23-11-13-30(14-12-23)19-28(2,3)4/h5-9,11,16-18,20,29H,10,12-15,19H2,1-4H3. The molecular weight excluding hydrogens is 394 g/mol. The van der Waals surface area contributed by atoms with Crippen LogP contribution in [0.3, 0.4) is 0 Å². The lowest BCUT2D eigenvalue weighted by Crippen LogP contribution is -2.35. The molecule has 168 valence electrons. The number of carbonyl (C=O) groups excluding carboxylic acids is 1. The van der Waals surface area contributed by atoms with Crippen LogP contribution in [0.5, 0.6) is 0 Å². The number of anilines is 1.